The maximum Gasteiger partial charge on any atom is 0.241 e. The van der Waals surface area contributed by atoms with Crippen LogP contribution in [0, 0.1) is 5.92 Å². The molecule has 2 heteroatoms. The van der Waals surface area contributed by atoms with Crippen LogP contribution in [0.3, 0.4) is 0 Å². The van der Waals surface area contributed by atoms with Crippen molar-refractivity contribution >= 4 is 8.32 Å². The van der Waals surface area contributed by atoms with Gasteiger partial charge in [-0.2, -0.15) is 0 Å². The van der Waals surface area contributed by atoms with Gasteiger partial charge in [0.1, 0.15) is 0 Å². The molecular weight excluding hydrogens is 212 g/mol. The summed E-state index contributed by atoms with van der Waals surface area (Å²) < 4.78 is 6.12. The molecule has 1 aliphatic carbocycles. The van der Waals surface area contributed by atoms with Crippen molar-refractivity contribution in [3.63, 3.8) is 0 Å². The van der Waals surface area contributed by atoms with Crippen LogP contribution in [-0.2, 0) is 4.43 Å². The SMILES string of the molecule is CCCCC[C@@H]1C=C(O[Si](C)(C)C)CCC1. The van der Waals surface area contributed by atoms with Gasteiger partial charge in [-0.15, -0.1) is 0 Å². The third-order valence-electron chi connectivity index (χ3n) is 3.04. The molecule has 1 atom stereocenters. The van der Waals surface area contributed by atoms with Crippen molar-refractivity contribution < 1.29 is 4.43 Å². The minimum absolute atomic E-state index is 0.798. The Morgan fingerprint density at radius 1 is 1.31 bits per heavy atom. The Hall–Kier alpha value is -0.243. The molecular formula is C14H28OSi. The van der Waals surface area contributed by atoms with Crippen molar-refractivity contribution in [3.05, 3.63) is 11.8 Å². The number of hydrogen-bond acceptors (Lipinski definition) is 1. The molecule has 0 unspecified atom stereocenters. The largest absolute Gasteiger partial charge is 0.548 e. The Kier molecular flexibility index (Phi) is 5.60. The monoisotopic (exact) mass is 240 g/mol. The Balaban J connectivity index is 2.39. The number of hydrogen-bond donors (Lipinski definition) is 0. The molecule has 1 nitrogen and oxygen atoms in total. The second kappa shape index (κ2) is 6.48. The molecule has 0 radical (unpaired) electrons. The summed E-state index contributed by atoms with van der Waals surface area (Å²) in [5.41, 5.74) is 0. The molecule has 0 fully saturated rings. The normalized spacial score (nSPS) is 21.8. The van der Waals surface area contributed by atoms with E-state index < -0.39 is 8.32 Å². The Morgan fingerprint density at radius 3 is 2.69 bits per heavy atom. The maximum absolute atomic E-state index is 6.12. The quantitative estimate of drug-likeness (QED) is 0.463. The number of allylic oxidation sites excluding steroid dienone is 2. The van der Waals surface area contributed by atoms with Crippen LogP contribution in [0.1, 0.15) is 51.9 Å². The fourth-order valence-electron chi connectivity index (χ4n) is 2.33. The van der Waals surface area contributed by atoms with Crippen LogP contribution in [0.15, 0.2) is 11.8 Å². The van der Waals surface area contributed by atoms with Crippen molar-refractivity contribution in [3.8, 4) is 0 Å². The van der Waals surface area contributed by atoms with Crippen LogP contribution in [-0.4, -0.2) is 8.32 Å². The summed E-state index contributed by atoms with van der Waals surface area (Å²) in [6, 6.07) is 0. The van der Waals surface area contributed by atoms with E-state index in [0.717, 1.165) is 5.92 Å². The lowest BCUT2D eigenvalue weighted by molar-refractivity contribution is 0.349. The van der Waals surface area contributed by atoms with E-state index in [4.69, 9.17) is 4.43 Å². The lowest BCUT2D eigenvalue weighted by atomic mass is 9.90. The summed E-state index contributed by atoms with van der Waals surface area (Å²) >= 11 is 0. The zero-order valence-electron chi connectivity index (χ0n) is 11.5. The van der Waals surface area contributed by atoms with Crippen molar-refractivity contribution in [1.82, 2.24) is 0 Å². The van der Waals surface area contributed by atoms with E-state index in [-0.39, 0.29) is 0 Å². The van der Waals surface area contributed by atoms with Gasteiger partial charge in [-0.1, -0.05) is 26.2 Å². The lowest BCUT2D eigenvalue weighted by Crippen LogP contribution is -2.26. The van der Waals surface area contributed by atoms with Crippen LogP contribution in [0.4, 0.5) is 0 Å². The Morgan fingerprint density at radius 2 is 2.06 bits per heavy atom. The highest BCUT2D eigenvalue weighted by Gasteiger charge is 2.21. The number of rotatable bonds is 6. The second-order valence-electron chi connectivity index (χ2n) is 6.00. The number of unbranched alkanes of at least 4 members (excludes halogenated alkanes) is 2. The minimum atomic E-state index is -1.38. The first kappa shape index (κ1) is 13.8. The first-order chi connectivity index (χ1) is 7.51. The van der Waals surface area contributed by atoms with Gasteiger partial charge in [0.25, 0.3) is 0 Å². The molecule has 0 spiro atoms. The summed E-state index contributed by atoms with van der Waals surface area (Å²) in [5, 5.41) is 0. The summed E-state index contributed by atoms with van der Waals surface area (Å²) in [6.45, 7) is 9.09. The molecule has 1 aliphatic rings. The molecule has 0 aromatic rings. The first-order valence-corrected chi connectivity index (χ1v) is 10.3. The Labute approximate surface area is 102 Å². The highest BCUT2D eigenvalue weighted by Crippen LogP contribution is 2.29. The maximum atomic E-state index is 6.12. The fourth-order valence-corrected chi connectivity index (χ4v) is 3.29. The van der Waals surface area contributed by atoms with E-state index in [9.17, 15) is 0 Å². The predicted octanol–water partition coefficient (Wildman–Crippen LogP) is 5.10. The van der Waals surface area contributed by atoms with Crippen LogP contribution in [0.2, 0.25) is 19.6 Å². The van der Waals surface area contributed by atoms with E-state index in [0.29, 0.717) is 0 Å². The topological polar surface area (TPSA) is 9.23 Å². The van der Waals surface area contributed by atoms with Crippen LogP contribution in [0.5, 0.6) is 0 Å². The summed E-state index contributed by atoms with van der Waals surface area (Å²) in [4.78, 5) is 0. The molecule has 0 amide bonds. The van der Waals surface area contributed by atoms with Crippen molar-refractivity contribution in [2.75, 3.05) is 0 Å². The molecule has 1 rings (SSSR count). The van der Waals surface area contributed by atoms with E-state index >= 15 is 0 Å². The van der Waals surface area contributed by atoms with Gasteiger partial charge in [0.2, 0.25) is 8.32 Å². The van der Waals surface area contributed by atoms with Gasteiger partial charge >= 0.3 is 0 Å². The third-order valence-corrected chi connectivity index (χ3v) is 3.91. The van der Waals surface area contributed by atoms with Crippen molar-refractivity contribution in [1.29, 1.82) is 0 Å². The van der Waals surface area contributed by atoms with E-state index in [1.165, 1.54) is 50.7 Å². The molecule has 0 aromatic heterocycles. The van der Waals surface area contributed by atoms with E-state index in [1.807, 2.05) is 0 Å². The molecule has 0 heterocycles. The third kappa shape index (κ3) is 5.74. The zero-order chi connectivity index (χ0) is 12.0. The lowest BCUT2D eigenvalue weighted by Gasteiger charge is -2.27. The summed E-state index contributed by atoms with van der Waals surface area (Å²) in [5.74, 6) is 2.10. The van der Waals surface area contributed by atoms with Gasteiger partial charge in [-0.05, 0) is 50.9 Å². The van der Waals surface area contributed by atoms with Crippen molar-refractivity contribution in [2.45, 2.75) is 71.5 Å². The molecule has 0 bridgehead atoms. The molecule has 0 aliphatic heterocycles. The second-order valence-corrected chi connectivity index (χ2v) is 10.4. The van der Waals surface area contributed by atoms with Gasteiger partial charge in [-0.25, -0.2) is 0 Å². The fraction of sp³-hybridized carbons (Fsp3) is 0.857. The van der Waals surface area contributed by atoms with Gasteiger partial charge in [-0.3, -0.25) is 0 Å². The van der Waals surface area contributed by atoms with Gasteiger partial charge in [0.05, 0.1) is 5.76 Å². The van der Waals surface area contributed by atoms with E-state index in [2.05, 4.69) is 32.6 Å². The average molecular weight is 240 g/mol. The summed E-state index contributed by atoms with van der Waals surface area (Å²) in [7, 11) is -1.38. The van der Waals surface area contributed by atoms with Gasteiger partial charge < -0.3 is 4.43 Å². The van der Waals surface area contributed by atoms with Crippen molar-refractivity contribution in [2.24, 2.45) is 5.92 Å². The molecule has 94 valence electrons. The summed E-state index contributed by atoms with van der Waals surface area (Å²) in [6.07, 6.45) is 11.8. The van der Waals surface area contributed by atoms with E-state index in [1.54, 1.807) is 0 Å². The molecule has 0 aromatic carbocycles. The van der Waals surface area contributed by atoms with Gasteiger partial charge in [0.15, 0.2) is 0 Å². The zero-order valence-corrected chi connectivity index (χ0v) is 12.5. The smallest absolute Gasteiger partial charge is 0.241 e. The van der Waals surface area contributed by atoms with Gasteiger partial charge in [0, 0.05) is 6.42 Å². The minimum Gasteiger partial charge on any atom is -0.548 e. The molecule has 16 heavy (non-hydrogen) atoms. The Bertz CT molecular complexity index is 227. The first-order valence-electron chi connectivity index (χ1n) is 6.91. The molecule has 0 N–H and O–H groups in total. The predicted molar refractivity (Wildman–Crippen MR) is 74.0 cm³/mol. The van der Waals surface area contributed by atoms with Crippen LogP contribution < -0.4 is 0 Å². The van der Waals surface area contributed by atoms with Crippen LogP contribution in [0.25, 0.3) is 0 Å². The highest BCUT2D eigenvalue weighted by atomic mass is 28.4. The molecule has 0 saturated heterocycles. The van der Waals surface area contributed by atoms with Crippen LogP contribution >= 0.6 is 0 Å². The standard InChI is InChI=1S/C14H28OSi/c1-5-6-7-9-13-10-8-11-14(12-13)15-16(2,3)4/h12-13H,5-11H2,1-4H3/t13-/m0/s1. The highest BCUT2D eigenvalue weighted by molar-refractivity contribution is 6.70. The average Bonchev–Trinajstić information content (AvgIpc) is 2.16. The molecule has 0 saturated carbocycles.